The standard InChI is InChI=1S/C10H16N2O5/c1-6-7(2-3-11-6)10(17)12(4-8(13)14)5-9(15)16/h6-7,11H,2-5H2,1H3,(H,13,14)(H,15,16). The van der Waals surface area contributed by atoms with Crippen molar-refractivity contribution in [2.45, 2.75) is 19.4 Å². The molecule has 3 N–H and O–H groups in total. The van der Waals surface area contributed by atoms with Gasteiger partial charge in [-0.2, -0.15) is 0 Å². The van der Waals surface area contributed by atoms with Gasteiger partial charge in [0.15, 0.2) is 0 Å². The molecule has 0 aromatic carbocycles. The topological polar surface area (TPSA) is 107 Å². The summed E-state index contributed by atoms with van der Waals surface area (Å²) >= 11 is 0. The van der Waals surface area contributed by atoms with Gasteiger partial charge in [0.25, 0.3) is 0 Å². The van der Waals surface area contributed by atoms with Crippen LogP contribution < -0.4 is 5.32 Å². The first-order valence-electron chi connectivity index (χ1n) is 5.37. The van der Waals surface area contributed by atoms with E-state index in [-0.39, 0.29) is 12.0 Å². The highest BCUT2D eigenvalue weighted by Gasteiger charge is 2.34. The zero-order chi connectivity index (χ0) is 13.0. The number of hydrogen-bond acceptors (Lipinski definition) is 4. The Hall–Kier alpha value is -1.63. The van der Waals surface area contributed by atoms with Crippen LogP contribution in [0.2, 0.25) is 0 Å². The molecule has 1 aliphatic heterocycles. The first-order valence-corrected chi connectivity index (χ1v) is 5.37. The van der Waals surface area contributed by atoms with Crippen LogP contribution in [0.5, 0.6) is 0 Å². The van der Waals surface area contributed by atoms with Crippen molar-refractivity contribution in [3.8, 4) is 0 Å². The fourth-order valence-corrected chi connectivity index (χ4v) is 1.97. The third-order valence-corrected chi connectivity index (χ3v) is 2.81. The Balaban J connectivity index is 2.70. The van der Waals surface area contributed by atoms with Gasteiger partial charge in [0, 0.05) is 6.04 Å². The number of hydrogen-bond donors (Lipinski definition) is 3. The van der Waals surface area contributed by atoms with Crippen molar-refractivity contribution in [2.75, 3.05) is 19.6 Å². The highest BCUT2D eigenvalue weighted by atomic mass is 16.4. The van der Waals surface area contributed by atoms with E-state index in [1.807, 2.05) is 6.92 Å². The molecule has 0 aromatic rings. The smallest absolute Gasteiger partial charge is 0.323 e. The summed E-state index contributed by atoms with van der Waals surface area (Å²) in [4.78, 5) is 34.0. The molecule has 0 aromatic heterocycles. The maximum atomic E-state index is 12.0. The van der Waals surface area contributed by atoms with Gasteiger partial charge >= 0.3 is 11.9 Å². The van der Waals surface area contributed by atoms with Crippen LogP contribution in [-0.2, 0) is 14.4 Å². The van der Waals surface area contributed by atoms with Crippen molar-refractivity contribution in [1.29, 1.82) is 0 Å². The van der Waals surface area contributed by atoms with E-state index in [9.17, 15) is 14.4 Å². The molecule has 7 heteroatoms. The minimum Gasteiger partial charge on any atom is -0.480 e. The van der Waals surface area contributed by atoms with E-state index in [2.05, 4.69) is 5.32 Å². The fourth-order valence-electron chi connectivity index (χ4n) is 1.97. The first-order chi connectivity index (χ1) is 7.91. The Bertz CT molecular complexity index is 315. The SMILES string of the molecule is CC1NCCC1C(=O)N(CC(=O)O)CC(=O)O. The predicted octanol–water partition coefficient (Wildman–Crippen LogP) is -1.02. The lowest BCUT2D eigenvalue weighted by atomic mass is 10.0. The van der Waals surface area contributed by atoms with Gasteiger partial charge in [-0.05, 0) is 19.9 Å². The Kier molecular flexibility index (Phi) is 4.45. The Labute approximate surface area is 98.4 Å². The van der Waals surface area contributed by atoms with Gasteiger partial charge < -0.3 is 20.4 Å². The monoisotopic (exact) mass is 244 g/mol. The lowest BCUT2D eigenvalue weighted by molar-refractivity contribution is -0.151. The normalized spacial score (nSPS) is 23.4. The molecule has 0 spiro atoms. The highest BCUT2D eigenvalue weighted by Crippen LogP contribution is 2.18. The number of carboxylic acids is 2. The molecule has 7 nitrogen and oxygen atoms in total. The van der Waals surface area contributed by atoms with Gasteiger partial charge in [0.05, 0.1) is 5.92 Å². The van der Waals surface area contributed by atoms with Crippen LogP contribution >= 0.6 is 0 Å². The van der Waals surface area contributed by atoms with Crippen LogP contribution in [-0.4, -0.2) is 58.6 Å². The first kappa shape index (κ1) is 13.4. The summed E-state index contributed by atoms with van der Waals surface area (Å²) in [6.45, 7) is 1.36. The van der Waals surface area contributed by atoms with E-state index in [1.165, 1.54) is 0 Å². The molecule has 1 amide bonds. The van der Waals surface area contributed by atoms with E-state index in [0.717, 1.165) is 4.90 Å². The number of nitrogens with one attached hydrogen (secondary N) is 1. The fraction of sp³-hybridized carbons (Fsp3) is 0.700. The second-order valence-corrected chi connectivity index (χ2v) is 4.12. The Morgan fingerprint density at radius 1 is 1.24 bits per heavy atom. The predicted molar refractivity (Wildman–Crippen MR) is 57.4 cm³/mol. The molecule has 17 heavy (non-hydrogen) atoms. The molecule has 1 aliphatic rings. The molecule has 1 fully saturated rings. The molecule has 1 heterocycles. The van der Waals surface area contributed by atoms with Gasteiger partial charge in [-0.15, -0.1) is 0 Å². The molecule has 1 saturated heterocycles. The number of carboxylic acid groups (broad SMARTS) is 2. The van der Waals surface area contributed by atoms with Crippen LogP contribution in [0.15, 0.2) is 0 Å². The quantitative estimate of drug-likeness (QED) is 0.571. The summed E-state index contributed by atoms with van der Waals surface area (Å²) in [6.07, 6.45) is 0.607. The van der Waals surface area contributed by atoms with Crippen LogP contribution in [0.3, 0.4) is 0 Å². The molecule has 96 valence electrons. The van der Waals surface area contributed by atoms with E-state index in [0.29, 0.717) is 13.0 Å². The second-order valence-electron chi connectivity index (χ2n) is 4.12. The molecule has 0 aliphatic carbocycles. The number of amides is 1. The van der Waals surface area contributed by atoms with Gasteiger partial charge in [-0.3, -0.25) is 14.4 Å². The highest BCUT2D eigenvalue weighted by molar-refractivity contribution is 5.87. The minimum absolute atomic E-state index is 0.0485. The lowest BCUT2D eigenvalue weighted by Crippen LogP contribution is -2.45. The lowest BCUT2D eigenvalue weighted by Gasteiger charge is -2.24. The van der Waals surface area contributed by atoms with Crippen molar-refractivity contribution in [3.63, 3.8) is 0 Å². The molecule has 2 unspecified atom stereocenters. The number of aliphatic carboxylic acids is 2. The molecule has 0 bridgehead atoms. The third kappa shape index (κ3) is 3.70. The van der Waals surface area contributed by atoms with Crippen LogP contribution in [0.25, 0.3) is 0 Å². The van der Waals surface area contributed by atoms with E-state index in [1.54, 1.807) is 0 Å². The Morgan fingerprint density at radius 2 is 1.76 bits per heavy atom. The van der Waals surface area contributed by atoms with Crippen LogP contribution in [0, 0.1) is 5.92 Å². The van der Waals surface area contributed by atoms with Crippen molar-refractivity contribution in [3.05, 3.63) is 0 Å². The Morgan fingerprint density at radius 3 is 2.12 bits per heavy atom. The van der Waals surface area contributed by atoms with Gasteiger partial charge in [-0.25, -0.2) is 0 Å². The molecular weight excluding hydrogens is 228 g/mol. The van der Waals surface area contributed by atoms with Gasteiger partial charge in [-0.1, -0.05) is 0 Å². The maximum Gasteiger partial charge on any atom is 0.323 e. The van der Waals surface area contributed by atoms with Gasteiger partial charge in [0.1, 0.15) is 13.1 Å². The largest absolute Gasteiger partial charge is 0.480 e. The van der Waals surface area contributed by atoms with Crippen LogP contribution in [0.4, 0.5) is 0 Å². The maximum absolute atomic E-state index is 12.0. The number of nitrogens with zero attached hydrogens (tertiary/aromatic N) is 1. The van der Waals surface area contributed by atoms with Crippen molar-refractivity contribution >= 4 is 17.8 Å². The van der Waals surface area contributed by atoms with Gasteiger partial charge in [0.2, 0.25) is 5.91 Å². The number of carbonyl (C=O) groups is 3. The molecule has 0 radical (unpaired) electrons. The average Bonchev–Trinajstić information content (AvgIpc) is 2.61. The zero-order valence-electron chi connectivity index (χ0n) is 9.55. The van der Waals surface area contributed by atoms with E-state index < -0.39 is 30.9 Å². The van der Waals surface area contributed by atoms with E-state index in [4.69, 9.17) is 10.2 Å². The minimum atomic E-state index is -1.21. The van der Waals surface area contributed by atoms with Crippen molar-refractivity contribution in [2.24, 2.45) is 5.92 Å². The van der Waals surface area contributed by atoms with Crippen molar-refractivity contribution < 1.29 is 24.6 Å². The average molecular weight is 244 g/mol. The second kappa shape index (κ2) is 5.62. The summed E-state index contributed by atoms with van der Waals surface area (Å²) in [7, 11) is 0. The van der Waals surface area contributed by atoms with Crippen LogP contribution in [0.1, 0.15) is 13.3 Å². The summed E-state index contributed by atoms with van der Waals surface area (Å²) in [6, 6.07) is -0.0485. The summed E-state index contributed by atoms with van der Waals surface area (Å²) in [5.41, 5.74) is 0. The molecular formula is C10H16N2O5. The zero-order valence-corrected chi connectivity index (χ0v) is 9.55. The molecule has 2 atom stereocenters. The third-order valence-electron chi connectivity index (χ3n) is 2.81. The number of carbonyl (C=O) groups excluding carboxylic acids is 1. The van der Waals surface area contributed by atoms with Crippen molar-refractivity contribution in [1.82, 2.24) is 10.2 Å². The summed E-state index contributed by atoms with van der Waals surface area (Å²) in [5, 5.41) is 20.4. The summed E-state index contributed by atoms with van der Waals surface area (Å²) in [5.74, 6) is -3.17. The molecule has 1 rings (SSSR count). The van der Waals surface area contributed by atoms with E-state index >= 15 is 0 Å². The summed E-state index contributed by atoms with van der Waals surface area (Å²) < 4.78 is 0. The molecule has 0 saturated carbocycles. The number of rotatable bonds is 5.